The Bertz CT molecular complexity index is 504. The minimum absolute atomic E-state index is 0.678. The number of hydrogen-bond acceptors (Lipinski definition) is 4. The Hall–Kier alpha value is -0.580. The lowest BCUT2D eigenvalue weighted by molar-refractivity contribution is 0.464. The van der Waals surface area contributed by atoms with Crippen molar-refractivity contribution in [2.45, 2.75) is 35.4 Å². The van der Waals surface area contributed by atoms with E-state index in [0.29, 0.717) is 11.3 Å². The Labute approximate surface area is 116 Å². The third-order valence-electron chi connectivity index (χ3n) is 3.88. The molecule has 2 aromatic rings. The second-order valence-electron chi connectivity index (χ2n) is 4.94. The molecule has 1 aromatic heterocycles. The smallest absolute Gasteiger partial charge is 0.151 e. The highest BCUT2D eigenvalue weighted by Gasteiger charge is 2.32. The van der Waals surface area contributed by atoms with Crippen LogP contribution in [0.15, 0.2) is 28.6 Å². The van der Waals surface area contributed by atoms with Crippen LogP contribution in [0.5, 0.6) is 0 Å². The van der Waals surface area contributed by atoms with Gasteiger partial charge in [-0.2, -0.15) is 0 Å². The highest BCUT2D eigenvalue weighted by molar-refractivity contribution is 8.01. The molecule has 2 nitrogen and oxygen atoms in total. The molecule has 0 amide bonds. The van der Waals surface area contributed by atoms with Gasteiger partial charge in [-0.15, -0.1) is 11.3 Å². The van der Waals surface area contributed by atoms with E-state index in [1.54, 1.807) is 0 Å². The fourth-order valence-corrected chi connectivity index (χ4v) is 5.33. The first kappa shape index (κ1) is 12.5. The fourth-order valence-electron chi connectivity index (χ4n) is 2.73. The Balaban J connectivity index is 1.76. The summed E-state index contributed by atoms with van der Waals surface area (Å²) in [5, 5.41) is 4.14. The average Bonchev–Trinajstić information content (AvgIpc) is 2.94. The third kappa shape index (κ3) is 2.29. The fraction of sp³-hybridized carbons (Fsp3) is 0.500. The van der Waals surface area contributed by atoms with Crippen LogP contribution in [0.1, 0.15) is 19.8 Å². The standard InChI is InChI=1S/C14H18N2S2/c1-9-10(15-2)7-8-12(9)17-14-16-11-5-3-4-6-13(11)18-14/h3-6,9-10,12,15H,7-8H2,1-2H3. The third-order valence-corrected chi connectivity index (χ3v) is 6.51. The summed E-state index contributed by atoms with van der Waals surface area (Å²) in [7, 11) is 2.08. The van der Waals surface area contributed by atoms with E-state index >= 15 is 0 Å². The molecule has 0 spiro atoms. The summed E-state index contributed by atoms with van der Waals surface area (Å²) in [5.41, 5.74) is 1.14. The zero-order valence-corrected chi connectivity index (χ0v) is 12.4. The van der Waals surface area contributed by atoms with E-state index in [2.05, 4.69) is 43.6 Å². The molecular weight excluding hydrogens is 260 g/mol. The van der Waals surface area contributed by atoms with E-state index in [1.807, 2.05) is 23.1 Å². The summed E-state index contributed by atoms with van der Waals surface area (Å²) >= 11 is 3.80. The predicted octanol–water partition coefficient (Wildman–Crippen LogP) is 3.77. The van der Waals surface area contributed by atoms with E-state index in [1.165, 1.54) is 21.9 Å². The quantitative estimate of drug-likeness (QED) is 0.925. The first-order valence-electron chi connectivity index (χ1n) is 6.47. The average molecular weight is 278 g/mol. The molecule has 1 aliphatic carbocycles. The van der Waals surface area contributed by atoms with Crippen LogP contribution in [0.4, 0.5) is 0 Å². The zero-order valence-electron chi connectivity index (χ0n) is 10.7. The second kappa shape index (κ2) is 5.19. The number of nitrogens with one attached hydrogen (secondary N) is 1. The highest BCUT2D eigenvalue weighted by atomic mass is 32.2. The van der Waals surface area contributed by atoms with E-state index in [0.717, 1.165) is 11.4 Å². The van der Waals surface area contributed by atoms with Crippen LogP contribution in [-0.2, 0) is 0 Å². The van der Waals surface area contributed by atoms with Crippen molar-refractivity contribution in [1.29, 1.82) is 0 Å². The number of rotatable bonds is 3. The first-order chi connectivity index (χ1) is 8.78. The molecule has 0 aliphatic heterocycles. The topological polar surface area (TPSA) is 24.9 Å². The van der Waals surface area contributed by atoms with Gasteiger partial charge in [-0.05, 0) is 37.9 Å². The number of benzene rings is 1. The number of hydrogen-bond donors (Lipinski definition) is 1. The van der Waals surface area contributed by atoms with Gasteiger partial charge in [0.05, 0.1) is 10.2 Å². The lowest BCUT2D eigenvalue weighted by Gasteiger charge is -2.18. The lowest BCUT2D eigenvalue weighted by atomic mass is 10.1. The van der Waals surface area contributed by atoms with E-state index in [-0.39, 0.29) is 0 Å². The largest absolute Gasteiger partial charge is 0.317 e. The summed E-state index contributed by atoms with van der Waals surface area (Å²) in [6, 6.07) is 9.09. The van der Waals surface area contributed by atoms with Gasteiger partial charge < -0.3 is 5.32 Å². The van der Waals surface area contributed by atoms with Crippen molar-refractivity contribution in [3.05, 3.63) is 24.3 Å². The molecule has 0 bridgehead atoms. The number of thiazole rings is 1. The molecule has 3 atom stereocenters. The summed E-state index contributed by atoms with van der Waals surface area (Å²) in [6.45, 7) is 2.36. The molecular formula is C14H18N2S2. The number of nitrogens with zero attached hydrogens (tertiary/aromatic N) is 1. The number of thioether (sulfide) groups is 1. The van der Waals surface area contributed by atoms with Crippen LogP contribution in [0.3, 0.4) is 0 Å². The van der Waals surface area contributed by atoms with Crippen LogP contribution < -0.4 is 5.32 Å². The van der Waals surface area contributed by atoms with Crippen LogP contribution >= 0.6 is 23.1 Å². The monoisotopic (exact) mass is 278 g/mol. The maximum Gasteiger partial charge on any atom is 0.151 e. The Morgan fingerprint density at radius 3 is 2.89 bits per heavy atom. The minimum Gasteiger partial charge on any atom is -0.317 e. The predicted molar refractivity (Wildman–Crippen MR) is 80.5 cm³/mol. The van der Waals surface area contributed by atoms with E-state index in [4.69, 9.17) is 4.98 Å². The van der Waals surface area contributed by atoms with Gasteiger partial charge in [-0.25, -0.2) is 4.98 Å². The molecule has 0 saturated heterocycles. The van der Waals surface area contributed by atoms with Crippen molar-refractivity contribution in [2.24, 2.45) is 5.92 Å². The van der Waals surface area contributed by atoms with Gasteiger partial charge in [0.1, 0.15) is 0 Å². The van der Waals surface area contributed by atoms with Gasteiger partial charge in [0.2, 0.25) is 0 Å². The number of para-hydroxylation sites is 1. The maximum atomic E-state index is 4.72. The summed E-state index contributed by atoms with van der Waals surface area (Å²) in [6.07, 6.45) is 2.59. The van der Waals surface area contributed by atoms with Gasteiger partial charge in [0.25, 0.3) is 0 Å². The number of aromatic nitrogens is 1. The summed E-state index contributed by atoms with van der Waals surface area (Å²) < 4.78 is 2.53. The molecule has 3 rings (SSSR count). The summed E-state index contributed by atoms with van der Waals surface area (Å²) in [5.74, 6) is 0.729. The van der Waals surface area contributed by atoms with Crippen molar-refractivity contribution in [1.82, 2.24) is 10.3 Å². The highest BCUT2D eigenvalue weighted by Crippen LogP contribution is 2.41. The van der Waals surface area contributed by atoms with Crippen molar-refractivity contribution in [3.8, 4) is 0 Å². The molecule has 3 unspecified atom stereocenters. The van der Waals surface area contributed by atoms with E-state index in [9.17, 15) is 0 Å². The van der Waals surface area contributed by atoms with Crippen LogP contribution in [0.2, 0.25) is 0 Å². The SMILES string of the molecule is CNC1CCC(Sc2nc3ccccc3s2)C1C. The van der Waals surface area contributed by atoms with Gasteiger partial charge >= 0.3 is 0 Å². The first-order valence-corrected chi connectivity index (χ1v) is 8.17. The summed E-state index contributed by atoms with van der Waals surface area (Å²) in [4.78, 5) is 4.72. The van der Waals surface area contributed by atoms with Crippen molar-refractivity contribution < 1.29 is 0 Å². The van der Waals surface area contributed by atoms with Crippen molar-refractivity contribution in [2.75, 3.05) is 7.05 Å². The van der Waals surface area contributed by atoms with Crippen LogP contribution in [0.25, 0.3) is 10.2 Å². The van der Waals surface area contributed by atoms with Gasteiger partial charge in [0, 0.05) is 11.3 Å². The minimum atomic E-state index is 0.678. The van der Waals surface area contributed by atoms with Gasteiger partial charge in [-0.1, -0.05) is 30.8 Å². The van der Waals surface area contributed by atoms with Crippen molar-refractivity contribution >= 4 is 33.3 Å². The molecule has 1 heterocycles. The molecule has 0 radical (unpaired) electrons. The van der Waals surface area contributed by atoms with Crippen molar-refractivity contribution in [3.63, 3.8) is 0 Å². The zero-order chi connectivity index (χ0) is 12.5. The molecule has 1 N–H and O–H groups in total. The molecule has 1 fully saturated rings. The molecule has 96 valence electrons. The normalized spacial score (nSPS) is 28.0. The lowest BCUT2D eigenvalue weighted by Crippen LogP contribution is -2.29. The molecule has 1 aromatic carbocycles. The van der Waals surface area contributed by atoms with Gasteiger partial charge in [0.15, 0.2) is 4.34 Å². The van der Waals surface area contributed by atoms with Crippen LogP contribution in [0, 0.1) is 5.92 Å². The molecule has 4 heteroatoms. The Morgan fingerprint density at radius 2 is 2.17 bits per heavy atom. The second-order valence-corrected chi connectivity index (χ2v) is 7.45. The maximum absolute atomic E-state index is 4.72. The molecule has 1 aliphatic rings. The van der Waals surface area contributed by atoms with Crippen LogP contribution in [-0.4, -0.2) is 23.3 Å². The van der Waals surface area contributed by atoms with Gasteiger partial charge in [-0.3, -0.25) is 0 Å². The number of fused-ring (bicyclic) bond motifs is 1. The molecule has 1 saturated carbocycles. The molecule has 18 heavy (non-hydrogen) atoms. The van der Waals surface area contributed by atoms with E-state index < -0.39 is 0 Å². The Morgan fingerprint density at radius 1 is 1.33 bits per heavy atom. The Kier molecular flexibility index (Phi) is 3.59.